The highest BCUT2D eigenvalue weighted by molar-refractivity contribution is 5.85. The second kappa shape index (κ2) is 5.52. The van der Waals surface area contributed by atoms with Crippen LogP contribution in [0.2, 0.25) is 0 Å². The van der Waals surface area contributed by atoms with Crippen molar-refractivity contribution in [1.29, 1.82) is 0 Å². The molecule has 1 aliphatic heterocycles. The van der Waals surface area contributed by atoms with E-state index in [2.05, 4.69) is 39.8 Å². The Bertz CT molecular complexity index is 977. The van der Waals surface area contributed by atoms with Gasteiger partial charge in [0.05, 0.1) is 18.5 Å². The Morgan fingerprint density at radius 1 is 1.19 bits per heavy atom. The van der Waals surface area contributed by atoms with E-state index in [4.69, 9.17) is 9.15 Å². The average Bonchev–Trinajstić information content (AvgIpc) is 3.28. The third kappa shape index (κ3) is 2.89. The molecule has 134 valence electrons. The Kier molecular flexibility index (Phi) is 3.25. The van der Waals surface area contributed by atoms with Crippen LogP contribution in [0.5, 0.6) is 5.75 Å². The fourth-order valence-corrected chi connectivity index (χ4v) is 3.04. The van der Waals surface area contributed by atoms with Gasteiger partial charge in [0.2, 0.25) is 5.95 Å². The van der Waals surface area contributed by atoms with Crippen molar-refractivity contribution < 1.29 is 9.15 Å². The van der Waals surface area contributed by atoms with Gasteiger partial charge in [0.1, 0.15) is 16.9 Å². The van der Waals surface area contributed by atoms with Crippen LogP contribution in [0.3, 0.4) is 0 Å². The predicted octanol–water partition coefficient (Wildman–Crippen LogP) is 4.12. The fourth-order valence-electron chi connectivity index (χ4n) is 3.04. The lowest BCUT2D eigenvalue weighted by atomic mass is 10.1. The van der Waals surface area contributed by atoms with Gasteiger partial charge in [0.25, 0.3) is 0 Å². The third-order valence-electron chi connectivity index (χ3n) is 4.55. The standard InChI is InChI=1S/C19H21N5O2/c1-19(2)10-20-14-9-12(5-6-15(14)26-19)22-18-23-13-7-8-25-16(13)17(24-18)21-11-3-4-11/h5-9,11,20H,3-4,10H2,1-2H3,(H2,21,22,23,24). The highest BCUT2D eigenvalue weighted by atomic mass is 16.5. The third-order valence-corrected chi connectivity index (χ3v) is 4.55. The van der Waals surface area contributed by atoms with Crippen molar-refractivity contribution in [3.05, 3.63) is 30.5 Å². The maximum Gasteiger partial charge on any atom is 0.229 e. The number of rotatable bonds is 4. The summed E-state index contributed by atoms with van der Waals surface area (Å²) < 4.78 is 11.5. The van der Waals surface area contributed by atoms with Crippen molar-refractivity contribution in [3.63, 3.8) is 0 Å². The maximum absolute atomic E-state index is 6.00. The number of anilines is 4. The van der Waals surface area contributed by atoms with Crippen LogP contribution in [-0.2, 0) is 0 Å². The minimum absolute atomic E-state index is 0.208. The molecule has 3 N–H and O–H groups in total. The van der Waals surface area contributed by atoms with Gasteiger partial charge in [-0.15, -0.1) is 0 Å². The number of hydrogen-bond acceptors (Lipinski definition) is 7. The molecule has 3 heterocycles. The molecule has 1 aromatic carbocycles. The van der Waals surface area contributed by atoms with Crippen LogP contribution in [0, 0.1) is 0 Å². The van der Waals surface area contributed by atoms with Crippen molar-refractivity contribution in [2.45, 2.75) is 38.3 Å². The van der Waals surface area contributed by atoms with Gasteiger partial charge in [-0.25, -0.2) is 4.98 Å². The zero-order valence-electron chi connectivity index (χ0n) is 14.8. The molecule has 5 rings (SSSR count). The predicted molar refractivity (Wildman–Crippen MR) is 101 cm³/mol. The van der Waals surface area contributed by atoms with E-state index in [1.165, 1.54) is 12.8 Å². The summed E-state index contributed by atoms with van der Waals surface area (Å²) in [5.41, 5.74) is 3.15. The van der Waals surface area contributed by atoms with Crippen LogP contribution >= 0.6 is 0 Å². The fraction of sp³-hybridized carbons (Fsp3) is 0.368. The van der Waals surface area contributed by atoms with Crippen LogP contribution in [0.4, 0.5) is 23.1 Å². The topological polar surface area (TPSA) is 84.2 Å². The van der Waals surface area contributed by atoms with Crippen LogP contribution in [0.25, 0.3) is 11.1 Å². The Balaban J connectivity index is 1.44. The molecule has 0 atom stereocenters. The first kappa shape index (κ1) is 15.3. The van der Waals surface area contributed by atoms with Crippen LogP contribution in [0.1, 0.15) is 26.7 Å². The number of nitrogens with one attached hydrogen (secondary N) is 3. The van der Waals surface area contributed by atoms with E-state index in [9.17, 15) is 0 Å². The van der Waals surface area contributed by atoms with Gasteiger partial charge < -0.3 is 25.1 Å². The molecular weight excluding hydrogens is 330 g/mol. The van der Waals surface area contributed by atoms with Gasteiger partial charge in [-0.2, -0.15) is 4.98 Å². The second-order valence-electron chi connectivity index (χ2n) is 7.50. The van der Waals surface area contributed by atoms with Crippen molar-refractivity contribution in [3.8, 4) is 5.75 Å². The number of ether oxygens (including phenoxy) is 1. The van der Waals surface area contributed by atoms with Gasteiger partial charge in [-0.3, -0.25) is 0 Å². The Morgan fingerprint density at radius 2 is 2.08 bits per heavy atom. The molecule has 0 saturated heterocycles. The second-order valence-corrected chi connectivity index (χ2v) is 7.50. The molecule has 0 radical (unpaired) electrons. The zero-order valence-corrected chi connectivity index (χ0v) is 14.8. The zero-order chi connectivity index (χ0) is 17.7. The van der Waals surface area contributed by atoms with Crippen molar-refractivity contribution in [2.24, 2.45) is 0 Å². The minimum Gasteiger partial charge on any atom is -0.484 e. The number of fused-ring (bicyclic) bond motifs is 2. The van der Waals surface area contributed by atoms with E-state index in [0.29, 0.717) is 17.6 Å². The monoisotopic (exact) mass is 351 g/mol. The highest BCUT2D eigenvalue weighted by Crippen LogP contribution is 2.36. The van der Waals surface area contributed by atoms with Gasteiger partial charge in [-0.1, -0.05) is 0 Å². The molecule has 7 heteroatoms. The number of nitrogens with zero attached hydrogens (tertiary/aromatic N) is 2. The summed E-state index contributed by atoms with van der Waals surface area (Å²) in [4.78, 5) is 9.15. The first-order valence-electron chi connectivity index (χ1n) is 8.91. The molecule has 1 aliphatic carbocycles. The number of aromatic nitrogens is 2. The van der Waals surface area contributed by atoms with E-state index < -0.39 is 0 Å². The first-order chi connectivity index (χ1) is 12.6. The summed E-state index contributed by atoms with van der Waals surface area (Å²) in [6, 6.07) is 8.29. The molecule has 0 amide bonds. The lowest BCUT2D eigenvalue weighted by molar-refractivity contribution is 0.116. The van der Waals surface area contributed by atoms with Gasteiger partial charge >= 0.3 is 0 Å². The molecular formula is C19H21N5O2. The largest absolute Gasteiger partial charge is 0.484 e. The van der Waals surface area contributed by atoms with E-state index in [1.807, 2.05) is 24.3 Å². The molecule has 26 heavy (non-hydrogen) atoms. The van der Waals surface area contributed by atoms with Gasteiger partial charge in [-0.05, 0) is 44.9 Å². The first-order valence-corrected chi connectivity index (χ1v) is 8.91. The summed E-state index contributed by atoms with van der Waals surface area (Å²) in [6.45, 7) is 4.89. The minimum atomic E-state index is -0.208. The van der Waals surface area contributed by atoms with E-state index in [-0.39, 0.29) is 5.60 Å². The molecule has 0 unspecified atom stereocenters. The molecule has 2 aliphatic rings. The lowest BCUT2D eigenvalue weighted by Gasteiger charge is -2.33. The summed E-state index contributed by atoms with van der Waals surface area (Å²) in [7, 11) is 0. The molecule has 3 aromatic rings. The Hall–Kier alpha value is -2.96. The van der Waals surface area contributed by atoms with Gasteiger partial charge in [0.15, 0.2) is 11.4 Å². The lowest BCUT2D eigenvalue weighted by Crippen LogP contribution is -2.39. The number of furan rings is 1. The molecule has 7 nitrogen and oxygen atoms in total. The highest BCUT2D eigenvalue weighted by Gasteiger charge is 2.26. The van der Waals surface area contributed by atoms with E-state index in [0.717, 1.165) is 35.0 Å². The average molecular weight is 351 g/mol. The van der Waals surface area contributed by atoms with Crippen LogP contribution in [-0.4, -0.2) is 28.2 Å². The molecule has 0 bridgehead atoms. The van der Waals surface area contributed by atoms with E-state index in [1.54, 1.807) is 6.26 Å². The van der Waals surface area contributed by atoms with Crippen LogP contribution in [0.15, 0.2) is 34.9 Å². The number of hydrogen-bond donors (Lipinski definition) is 3. The summed E-state index contributed by atoms with van der Waals surface area (Å²) >= 11 is 0. The van der Waals surface area contributed by atoms with Crippen molar-refractivity contribution >= 4 is 34.2 Å². The van der Waals surface area contributed by atoms with Crippen molar-refractivity contribution in [1.82, 2.24) is 9.97 Å². The smallest absolute Gasteiger partial charge is 0.229 e. The van der Waals surface area contributed by atoms with Crippen molar-refractivity contribution in [2.75, 3.05) is 22.5 Å². The van der Waals surface area contributed by atoms with Crippen LogP contribution < -0.4 is 20.7 Å². The Labute approximate surface area is 151 Å². The number of benzene rings is 1. The normalized spacial score (nSPS) is 17.9. The molecule has 2 aromatic heterocycles. The molecule has 1 saturated carbocycles. The molecule has 1 fully saturated rings. The summed E-state index contributed by atoms with van der Waals surface area (Å²) in [6.07, 6.45) is 3.98. The quantitative estimate of drug-likeness (QED) is 0.652. The summed E-state index contributed by atoms with van der Waals surface area (Å²) in [5.74, 6) is 2.14. The van der Waals surface area contributed by atoms with E-state index >= 15 is 0 Å². The maximum atomic E-state index is 6.00. The Morgan fingerprint density at radius 3 is 2.92 bits per heavy atom. The summed E-state index contributed by atoms with van der Waals surface area (Å²) in [5, 5.41) is 10.1. The van der Waals surface area contributed by atoms with Gasteiger partial charge in [0, 0.05) is 17.8 Å². The SMILES string of the molecule is CC1(C)CNc2cc(Nc3nc(NC4CC4)c4occc4n3)ccc2O1. The molecule has 0 spiro atoms.